The number of benzene rings is 2. The van der Waals surface area contributed by atoms with Crippen LogP contribution in [0.2, 0.25) is 15.1 Å². The largest absolute Gasteiger partial charge is 0.364 e. The minimum Gasteiger partial charge on any atom is -0.364 e. The predicted molar refractivity (Wildman–Crippen MR) is 156 cm³/mol. The number of halogens is 3. The summed E-state index contributed by atoms with van der Waals surface area (Å²) in [7, 11) is -7.15. The molecule has 0 unspecified atom stereocenters. The Balaban J connectivity index is 1.37. The Morgan fingerprint density at radius 3 is 2.18 bits per heavy atom. The Labute approximate surface area is 241 Å². The van der Waals surface area contributed by atoms with Crippen molar-refractivity contribution in [3.05, 3.63) is 63.1 Å². The van der Waals surface area contributed by atoms with Gasteiger partial charge in [0.15, 0.2) is 0 Å². The van der Waals surface area contributed by atoms with Crippen LogP contribution in [0.15, 0.2) is 42.5 Å². The predicted octanol–water partition coefficient (Wildman–Crippen LogP) is 5.78. The van der Waals surface area contributed by atoms with Gasteiger partial charge < -0.3 is 4.90 Å². The fraction of sp³-hybridized carbons (Fsp3) is 0.538. The van der Waals surface area contributed by atoms with Gasteiger partial charge in [-0.1, -0.05) is 60.1 Å². The Hall–Kier alpha value is -1.07. The van der Waals surface area contributed by atoms with Crippen molar-refractivity contribution in [3.63, 3.8) is 0 Å². The molecule has 1 aliphatic heterocycles. The highest BCUT2D eigenvalue weighted by Crippen LogP contribution is 2.40. The second kappa shape index (κ2) is 13.1. The first-order valence-corrected chi connectivity index (χ1v) is 17.3. The van der Waals surface area contributed by atoms with E-state index in [4.69, 9.17) is 34.8 Å². The summed E-state index contributed by atoms with van der Waals surface area (Å²) in [6, 6.07) is 13.1. The smallest absolute Gasteiger partial charge is 0.214 e. The van der Waals surface area contributed by atoms with E-state index in [-0.39, 0.29) is 30.8 Å². The average Bonchev–Trinajstić information content (AvgIpc) is 2.88. The number of rotatable bonds is 10. The number of anilines is 1. The first-order chi connectivity index (χ1) is 18.0. The molecule has 0 spiro atoms. The molecule has 2 N–H and O–H groups in total. The van der Waals surface area contributed by atoms with Crippen LogP contribution in [0.5, 0.6) is 0 Å². The minimum absolute atomic E-state index is 0.00277. The Kier molecular flexibility index (Phi) is 10.3. The molecule has 12 heteroatoms. The summed E-state index contributed by atoms with van der Waals surface area (Å²) in [5, 5.41) is 1.38. The van der Waals surface area contributed by atoms with Gasteiger partial charge in [0.25, 0.3) is 0 Å². The van der Waals surface area contributed by atoms with Crippen molar-refractivity contribution in [1.29, 1.82) is 0 Å². The van der Waals surface area contributed by atoms with Crippen molar-refractivity contribution in [3.8, 4) is 0 Å². The van der Waals surface area contributed by atoms with Crippen LogP contribution >= 0.6 is 34.8 Å². The van der Waals surface area contributed by atoms with E-state index in [1.165, 1.54) is 0 Å². The van der Waals surface area contributed by atoms with Crippen LogP contribution in [0.4, 0.5) is 5.69 Å². The van der Waals surface area contributed by atoms with Crippen LogP contribution in [0, 0.1) is 5.92 Å². The molecule has 2 aliphatic rings. The molecular formula is C26H34Cl3N3O4S2. The van der Waals surface area contributed by atoms with E-state index in [0.29, 0.717) is 34.5 Å². The highest BCUT2D eigenvalue weighted by molar-refractivity contribution is 7.90. The molecule has 2 fully saturated rings. The van der Waals surface area contributed by atoms with Gasteiger partial charge in [0.2, 0.25) is 20.0 Å². The van der Waals surface area contributed by atoms with Gasteiger partial charge in [-0.15, -0.1) is 0 Å². The molecule has 2 aromatic rings. The van der Waals surface area contributed by atoms with Gasteiger partial charge in [-0.25, -0.2) is 26.3 Å². The maximum absolute atomic E-state index is 12.7. The van der Waals surface area contributed by atoms with Crippen molar-refractivity contribution in [1.82, 2.24) is 9.44 Å². The summed E-state index contributed by atoms with van der Waals surface area (Å²) in [5.74, 6) is -0.239. The van der Waals surface area contributed by atoms with E-state index in [0.717, 1.165) is 43.4 Å². The monoisotopic (exact) mass is 621 g/mol. The fourth-order valence-corrected chi connectivity index (χ4v) is 8.72. The van der Waals surface area contributed by atoms with E-state index < -0.39 is 25.3 Å². The zero-order valence-electron chi connectivity index (χ0n) is 21.1. The summed E-state index contributed by atoms with van der Waals surface area (Å²) >= 11 is 18.8. The lowest BCUT2D eigenvalue weighted by atomic mass is 9.88. The maximum Gasteiger partial charge on any atom is 0.214 e. The second-order valence-electron chi connectivity index (χ2n) is 10.1. The topological polar surface area (TPSA) is 95.6 Å². The number of sulfonamides is 2. The third kappa shape index (κ3) is 7.99. The molecule has 7 nitrogen and oxygen atoms in total. The molecule has 1 saturated carbocycles. The van der Waals surface area contributed by atoms with E-state index in [9.17, 15) is 16.8 Å². The Morgan fingerprint density at radius 1 is 0.816 bits per heavy atom. The highest BCUT2D eigenvalue weighted by Gasteiger charge is 2.32. The molecule has 1 saturated heterocycles. The molecule has 0 aromatic heterocycles. The number of hydrogen-bond donors (Lipinski definition) is 2. The van der Waals surface area contributed by atoms with E-state index in [2.05, 4.69) is 14.3 Å². The van der Waals surface area contributed by atoms with Gasteiger partial charge in [0, 0.05) is 40.4 Å². The molecule has 0 radical (unpaired) electrons. The van der Waals surface area contributed by atoms with Gasteiger partial charge in [0.05, 0.1) is 17.0 Å². The van der Waals surface area contributed by atoms with Crippen molar-refractivity contribution in [2.45, 2.75) is 56.2 Å². The standard InChI is InChI=1S/C26H34Cl3N3O4S2/c27-20-7-10-22(11-8-20)32-18-19(6-13-26(32)24-12-9-21(28)16-25(24)29)17-31-37(33,34)15-14-30-38(35,36)23-4-2-1-3-5-23/h7-12,16,19,23,26,30-31H,1-6,13-15,17-18H2/t19-,26-/m0/s1. The van der Waals surface area contributed by atoms with Gasteiger partial charge in [-0.05, 0) is 73.6 Å². The van der Waals surface area contributed by atoms with E-state index >= 15 is 0 Å². The molecule has 0 bridgehead atoms. The normalized spacial score (nSPS) is 21.5. The first-order valence-electron chi connectivity index (χ1n) is 13.0. The maximum atomic E-state index is 12.7. The third-order valence-electron chi connectivity index (χ3n) is 7.42. The molecule has 2 aromatic carbocycles. The van der Waals surface area contributed by atoms with Crippen LogP contribution in [0.25, 0.3) is 0 Å². The summed E-state index contributed by atoms with van der Waals surface area (Å²) in [6.45, 7) is 0.748. The van der Waals surface area contributed by atoms with Crippen LogP contribution in [0.3, 0.4) is 0 Å². The third-order valence-corrected chi connectivity index (χ3v) is 11.5. The summed E-state index contributed by atoms with van der Waals surface area (Å²) < 4.78 is 55.6. The van der Waals surface area contributed by atoms with Crippen LogP contribution in [0.1, 0.15) is 56.6 Å². The second-order valence-corrected chi connectivity index (χ2v) is 15.4. The van der Waals surface area contributed by atoms with Gasteiger partial charge in [-0.2, -0.15) is 0 Å². The minimum atomic E-state index is -3.65. The van der Waals surface area contributed by atoms with Crippen LogP contribution in [-0.2, 0) is 20.0 Å². The lowest BCUT2D eigenvalue weighted by molar-refractivity contribution is 0.358. The highest BCUT2D eigenvalue weighted by atomic mass is 35.5. The van der Waals surface area contributed by atoms with Gasteiger partial charge in [-0.3, -0.25) is 0 Å². The Bertz CT molecular complexity index is 1300. The molecule has 2 atom stereocenters. The quantitative estimate of drug-likeness (QED) is 0.351. The van der Waals surface area contributed by atoms with Crippen molar-refractivity contribution in [2.75, 3.05) is 30.3 Å². The molecule has 1 aliphatic carbocycles. The molecule has 1 heterocycles. The van der Waals surface area contributed by atoms with E-state index in [1.54, 1.807) is 6.07 Å². The fourth-order valence-electron chi connectivity index (χ4n) is 5.35. The van der Waals surface area contributed by atoms with Crippen molar-refractivity contribution in [2.24, 2.45) is 5.92 Å². The average molecular weight is 623 g/mol. The molecular weight excluding hydrogens is 589 g/mol. The van der Waals surface area contributed by atoms with Gasteiger partial charge in [0.1, 0.15) is 0 Å². The molecule has 0 amide bonds. The summed E-state index contributed by atoms with van der Waals surface area (Å²) in [4.78, 5) is 2.23. The van der Waals surface area contributed by atoms with E-state index in [1.807, 2.05) is 36.4 Å². The first kappa shape index (κ1) is 29.9. The lowest BCUT2D eigenvalue weighted by Gasteiger charge is -2.42. The van der Waals surface area contributed by atoms with Crippen LogP contribution < -0.4 is 14.3 Å². The molecule has 38 heavy (non-hydrogen) atoms. The summed E-state index contributed by atoms with van der Waals surface area (Å²) in [5.41, 5.74) is 1.94. The van der Waals surface area contributed by atoms with Crippen molar-refractivity contribution >= 4 is 60.5 Å². The number of hydrogen-bond acceptors (Lipinski definition) is 5. The molecule has 4 rings (SSSR count). The Morgan fingerprint density at radius 2 is 1.50 bits per heavy atom. The SMILES string of the molecule is O=S(=O)(CCNS(=O)(=O)C1CCCCC1)NC[C@@H]1CC[C@@H](c2ccc(Cl)cc2Cl)N(c2ccc(Cl)cc2)C1. The lowest BCUT2D eigenvalue weighted by Crippen LogP contribution is -2.44. The van der Waals surface area contributed by atoms with Crippen LogP contribution in [-0.4, -0.2) is 47.5 Å². The number of nitrogens with zero attached hydrogens (tertiary/aromatic N) is 1. The zero-order valence-corrected chi connectivity index (χ0v) is 25.0. The van der Waals surface area contributed by atoms with Crippen molar-refractivity contribution < 1.29 is 16.8 Å². The number of piperidine rings is 1. The summed E-state index contributed by atoms with van der Waals surface area (Å²) in [6.07, 6.45) is 5.68. The molecule has 210 valence electrons. The van der Waals surface area contributed by atoms with Gasteiger partial charge >= 0.3 is 0 Å². The zero-order chi connectivity index (χ0) is 27.3. The number of nitrogens with one attached hydrogen (secondary N) is 2.